The maximum Gasteiger partial charge on any atom is 0.0485 e. The van der Waals surface area contributed by atoms with E-state index in [9.17, 15) is 0 Å². The molecule has 1 aromatic rings. The molecule has 0 fully saturated rings. The second kappa shape index (κ2) is 7.78. The topological polar surface area (TPSA) is 0 Å². The normalized spacial score (nSPS) is 7.62. The molecular weight excluding hydrogens is 236 g/mol. The van der Waals surface area contributed by atoms with Gasteiger partial charge in [0.2, 0.25) is 0 Å². The first-order valence-electron chi connectivity index (χ1n) is 4.61. The molecule has 78 valence electrons. The molecule has 0 aliphatic carbocycles. The highest BCUT2D eigenvalue weighted by atomic mass is 35.5. The lowest BCUT2D eigenvalue weighted by Crippen LogP contribution is -1.80. The minimum absolute atomic E-state index is 0.498. The average molecular weight is 245 g/mol. The van der Waals surface area contributed by atoms with E-state index in [1.165, 1.54) is 11.8 Å². The number of hydrogen-bond donors (Lipinski definition) is 0. The molecule has 1 rings (SSSR count). The van der Waals surface area contributed by atoms with Gasteiger partial charge in [-0.3, -0.25) is 0 Å². The molecule has 0 aliphatic heterocycles. The minimum atomic E-state index is 0.498. The van der Waals surface area contributed by atoms with Crippen molar-refractivity contribution < 1.29 is 0 Å². The maximum atomic E-state index is 5.81. The van der Waals surface area contributed by atoms with Crippen molar-refractivity contribution in [2.75, 3.05) is 0 Å². The van der Waals surface area contributed by atoms with Gasteiger partial charge in [0.1, 0.15) is 0 Å². The Kier molecular flexibility index (Phi) is 6.13. The van der Waals surface area contributed by atoms with E-state index >= 15 is 0 Å². The lowest BCUT2D eigenvalue weighted by atomic mass is 10.2. The Bertz CT molecular complexity index is 527. The molecule has 0 saturated heterocycles. The van der Waals surface area contributed by atoms with Gasteiger partial charge in [0.25, 0.3) is 0 Å². The molecule has 0 amide bonds. The molecule has 0 nitrogen and oxygen atoms in total. The first-order valence-corrected chi connectivity index (χ1v) is 5.96. The number of rotatable bonds is 2. The Hall–Kier alpha value is -1.46. The van der Waals surface area contributed by atoms with Crippen LogP contribution in [0.2, 0.25) is 0 Å². The molecular formula is C14H9ClS. The van der Waals surface area contributed by atoms with E-state index in [1.807, 2.05) is 24.3 Å². The Morgan fingerprint density at radius 2 is 1.88 bits per heavy atom. The fourth-order valence-corrected chi connectivity index (χ4v) is 1.89. The van der Waals surface area contributed by atoms with Gasteiger partial charge in [-0.25, -0.2) is 0 Å². The number of benzene rings is 1. The third-order valence-electron chi connectivity index (χ3n) is 1.64. The maximum absolute atomic E-state index is 5.81. The average Bonchev–Trinajstić information content (AvgIpc) is 2.34. The van der Waals surface area contributed by atoms with Crippen LogP contribution >= 0.6 is 23.4 Å². The SMILES string of the molecule is CC#CC#CC#CSc1ccccc1CCl. The molecule has 1 aromatic carbocycles. The molecule has 0 unspecified atom stereocenters. The Morgan fingerprint density at radius 3 is 2.62 bits per heavy atom. The van der Waals surface area contributed by atoms with E-state index in [2.05, 4.69) is 34.9 Å². The summed E-state index contributed by atoms with van der Waals surface area (Å²) in [6.45, 7) is 1.74. The number of halogens is 1. The minimum Gasteiger partial charge on any atom is -0.122 e. The summed E-state index contributed by atoms with van der Waals surface area (Å²) in [6.07, 6.45) is 0. The fraction of sp³-hybridized carbons (Fsp3) is 0.143. The lowest BCUT2D eigenvalue weighted by Gasteiger charge is -2.00. The smallest absolute Gasteiger partial charge is 0.0485 e. The summed E-state index contributed by atoms with van der Waals surface area (Å²) in [5.41, 5.74) is 1.09. The van der Waals surface area contributed by atoms with Crippen LogP contribution in [-0.4, -0.2) is 0 Å². The van der Waals surface area contributed by atoms with Gasteiger partial charge in [-0.2, -0.15) is 0 Å². The lowest BCUT2D eigenvalue weighted by molar-refractivity contribution is 1.27. The summed E-state index contributed by atoms with van der Waals surface area (Å²) >= 11 is 7.24. The molecule has 0 aromatic heterocycles. The van der Waals surface area contributed by atoms with Crippen molar-refractivity contribution in [2.45, 2.75) is 17.7 Å². The van der Waals surface area contributed by atoms with Crippen LogP contribution in [-0.2, 0) is 5.88 Å². The molecule has 0 bridgehead atoms. The van der Waals surface area contributed by atoms with Gasteiger partial charge in [0.05, 0.1) is 0 Å². The van der Waals surface area contributed by atoms with Crippen LogP contribution in [0, 0.1) is 34.9 Å². The Balaban J connectivity index is 2.67. The zero-order valence-corrected chi connectivity index (χ0v) is 10.4. The van der Waals surface area contributed by atoms with Gasteiger partial charge in [0, 0.05) is 10.8 Å². The molecule has 0 heterocycles. The predicted molar refractivity (Wildman–Crippen MR) is 70.9 cm³/mol. The highest BCUT2D eigenvalue weighted by molar-refractivity contribution is 8.04. The molecule has 2 heteroatoms. The number of alkyl halides is 1. The first kappa shape index (κ1) is 12.6. The predicted octanol–water partition coefficient (Wildman–Crippen LogP) is 3.51. The Labute approximate surface area is 106 Å². The summed E-state index contributed by atoms with van der Waals surface area (Å²) in [6, 6.07) is 7.92. The summed E-state index contributed by atoms with van der Waals surface area (Å²) in [5.74, 6) is 13.8. The van der Waals surface area contributed by atoms with Crippen LogP contribution in [0.5, 0.6) is 0 Å². The van der Waals surface area contributed by atoms with Crippen molar-refractivity contribution in [1.82, 2.24) is 0 Å². The second-order valence-corrected chi connectivity index (χ2v) is 3.81. The highest BCUT2D eigenvalue weighted by Crippen LogP contribution is 2.22. The van der Waals surface area contributed by atoms with E-state index in [0.717, 1.165) is 10.5 Å². The zero-order valence-electron chi connectivity index (χ0n) is 8.80. The Morgan fingerprint density at radius 1 is 1.12 bits per heavy atom. The molecule has 0 N–H and O–H groups in total. The fourth-order valence-electron chi connectivity index (χ4n) is 0.945. The zero-order chi connectivity index (χ0) is 11.6. The molecule has 0 spiro atoms. The van der Waals surface area contributed by atoms with E-state index in [4.69, 9.17) is 11.6 Å². The van der Waals surface area contributed by atoms with Gasteiger partial charge in [-0.1, -0.05) is 24.1 Å². The van der Waals surface area contributed by atoms with Crippen molar-refractivity contribution in [3.63, 3.8) is 0 Å². The highest BCUT2D eigenvalue weighted by Gasteiger charge is 1.98. The number of hydrogen-bond acceptors (Lipinski definition) is 1. The van der Waals surface area contributed by atoms with Gasteiger partial charge in [-0.05, 0) is 59.2 Å². The quantitative estimate of drug-likeness (QED) is 0.436. The van der Waals surface area contributed by atoms with Crippen LogP contribution in [0.25, 0.3) is 0 Å². The van der Waals surface area contributed by atoms with E-state index in [0.29, 0.717) is 5.88 Å². The molecule has 0 aliphatic rings. The van der Waals surface area contributed by atoms with Gasteiger partial charge < -0.3 is 0 Å². The second-order valence-electron chi connectivity index (χ2n) is 2.70. The summed E-state index contributed by atoms with van der Waals surface area (Å²) < 4.78 is 0. The van der Waals surface area contributed by atoms with Crippen LogP contribution in [0.15, 0.2) is 29.2 Å². The van der Waals surface area contributed by atoms with Crippen LogP contribution in [0.1, 0.15) is 12.5 Å². The first-order chi connectivity index (χ1) is 7.88. The van der Waals surface area contributed by atoms with Crippen LogP contribution in [0.4, 0.5) is 0 Å². The summed E-state index contributed by atoms with van der Waals surface area (Å²) in [5, 5.41) is 2.90. The van der Waals surface area contributed by atoms with Crippen molar-refractivity contribution >= 4 is 23.4 Å². The number of thioether (sulfide) groups is 1. The largest absolute Gasteiger partial charge is 0.122 e. The summed E-state index contributed by atoms with van der Waals surface area (Å²) in [4.78, 5) is 1.08. The van der Waals surface area contributed by atoms with Crippen molar-refractivity contribution in [2.24, 2.45) is 0 Å². The van der Waals surface area contributed by atoms with Gasteiger partial charge >= 0.3 is 0 Å². The van der Waals surface area contributed by atoms with Crippen molar-refractivity contribution in [3.8, 4) is 34.9 Å². The molecule has 0 radical (unpaired) electrons. The van der Waals surface area contributed by atoms with Crippen molar-refractivity contribution in [1.29, 1.82) is 0 Å². The molecule has 16 heavy (non-hydrogen) atoms. The van der Waals surface area contributed by atoms with Crippen LogP contribution in [0.3, 0.4) is 0 Å². The standard InChI is InChI=1S/C14H9ClS/c1-2-3-4-5-8-11-16-14-10-7-6-9-13(14)12-15/h6-7,9-10H,12H2,1H3. The van der Waals surface area contributed by atoms with Gasteiger partial charge in [-0.15, -0.1) is 11.6 Å². The van der Waals surface area contributed by atoms with Crippen LogP contribution < -0.4 is 0 Å². The van der Waals surface area contributed by atoms with E-state index < -0.39 is 0 Å². The van der Waals surface area contributed by atoms with E-state index in [-0.39, 0.29) is 0 Å². The van der Waals surface area contributed by atoms with Gasteiger partial charge in [0.15, 0.2) is 0 Å². The molecule has 0 saturated carbocycles. The molecule has 0 atom stereocenters. The summed E-state index contributed by atoms with van der Waals surface area (Å²) in [7, 11) is 0. The van der Waals surface area contributed by atoms with Crippen molar-refractivity contribution in [3.05, 3.63) is 29.8 Å². The third kappa shape index (κ3) is 4.37. The van der Waals surface area contributed by atoms with E-state index in [1.54, 1.807) is 6.92 Å². The monoisotopic (exact) mass is 244 g/mol. The third-order valence-corrected chi connectivity index (χ3v) is 2.75.